The number of ether oxygens (including phenoxy) is 2. The van der Waals surface area contributed by atoms with E-state index in [9.17, 15) is 4.79 Å². The number of primary amides is 1. The zero-order valence-electron chi connectivity index (χ0n) is 14.6. The van der Waals surface area contributed by atoms with Crippen LogP contribution in [0.5, 0.6) is 17.2 Å². The Hall–Kier alpha value is -3.13. The monoisotopic (exact) mass is 338 g/mol. The molecule has 0 saturated heterocycles. The van der Waals surface area contributed by atoms with Crippen molar-refractivity contribution < 1.29 is 14.3 Å². The van der Waals surface area contributed by atoms with Gasteiger partial charge in [-0.3, -0.25) is 0 Å². The molecule has 0 aliphatic rings. The van der Waals surface area contributed by atoms with Crippen LogP contribution in [-0.4, -0.2) is 18.2 Å². The third-order valence-corrected chi connectivity index (χ3v) is 3.08. The maximum Gasteiger partial charge on any atom is 0.313 e. The average molecular weight is 338 g/mol. The second-order valence-electron chi connectivity index (χ2n) is 5.76. The van der Waals surface area contributed by atoms with Crippen LogP contribution in [0, 0.1) is 11.8 Å². The van der Waals surface area contributed by atoms with E-state index in [1.165, 1.54) is 0 Å². The molecule has 2 amide bonds. The molecule has 0 aliphatic carbocycles. The summed E-state index contributed by atoms with van der Waals surface area (Å²) in [6, 6.07) is 14.0. The van der Waals surface area contributed by atoms with Crippen molar-refractivity contribution in [2.45, 2.75) is 32.9 Å². The molecular weight excluding hydrogens is 316 g/mol. The van der Waals surface area contributed by atoms with Gasteiger partial charge >= 0.3 is 6.03 Å². The molecule has 0 fully saturated rings. The van der Waals surface area contributed by atoms with Crippen molar-refractivity contribution in [1.29, 1.82) is 0 Å². The first kappa shape index (κ1) is 18.2. The van der Waals surface area contributed by atoms with Gasteiger partial charge in [0.25, 0.3) is 0 Å². The Labute approximate surface area is 148 Å². The van der Waals surface area contributed by atoms with Gasteiger partial charge in [-0.1, -0.05) is 11.8 Å². The first-order valence-electron chi connectivity index (χ1n) is 8.04. The summed E-state index contributed by atoms with van der Waals surface area (Å²) in [5, 5.41) is 2.50. The van der Waals surface area contributed by atoms with Crippen LogP contribution in [0.1, 0.15) is 26.3 Å². The second kappa shape index (κ2) is 8.65. The Kier molecular flexibility index (Phi) is 6.30. The van der Waals surface area contributed by atoms with Crippen molar-refractivity contribution in [3.05, 3.63) is 54.1 Å². The molecule has 0 aliphatic heterocycles. The zero-order chi connectivity index (χ0) is 18.2. The molecule has 0 bridgehead atoms. The predicted molar refractivity (Wildman–Crippen MR) is 97.8 cm³/mol. The zero-order valence-corrected chi connectivity index (χ0v) is 14.6. The minimum Gasteiger partial charge on any atom is -0.491 e. The summed E-state index contributed by atoms with van der Waals surface area (Å²) in [6.45, 7) is 5.74. The van der Waals surface area contributed by atoms with Crippen LogP contribution in [0.15, 0.2) is 48.5 Å². The van der Waals surface area contributed by atoms with Crippen molar-refractivity contribution in [3.63, 3.8) is 0 Å². The summed E-state index contributed by atoms with van der Waals surface area (Å²) >= 11 is 0. The lowest BCUT2D eigenvalue weighted by Gasteiger charge is -2.10. The van der Waals surface area contributed by atoms with Gasteiger partial charge in [0.15, 0.2) is 0 Å². The molecular formula is C20H22N2O3. The first-order valence-corrected chi connectivity index (χ1v) is 8.04. The van der Waals surface area contributed by atoms with Crippen LogP contribution in [0.25, 0.3) is 0 Å². The summed E-state index contributed by atoms with van der Waals surface area (Å²) in [5.41, 5.74) is 5.87. The number of nitrogens with one attached hydrogen (secondary N) is 1. The highest BCUT2D eigenvalue weighted by molar-refractivity contribution is 5.72. The molecule has 2 aromatic carbocycles. The van der Waals surface area contributed by atoms with E-state index in [0.29, 0.717) is 5.75 Å². The number of carbonyl (C=O) groups is 1. The summed E-state index contributed by atoms with van der Waals surface area (Å²) in [5.74, 6) is 8.14. The van der Waals surface area contributed by atoms with Crippen LogP contribution in [-0.2, 0) is 0 Å². The molecule has 0 spiro atoms. The number of benzene rings is 2. The molecule has 130 valence electrons. The van der Waals surface area contributed by atoms with Crippen molar-refractivity contribution in [2.75, 3.05) is 0 Å². The van der Waals surface area contributed by atoms with Crippen molar-refractivity contribution in [3.8, 4) is 29.1 Å². The predicted octanol–water partition coefficient (Wildman–Crippen LogP) is 3.67. The number of nitrogens with two attached hydrogens (primary N) is 1. The van der Waals surface area contributed by atoms with Gasteiger partial charge in [-0.25, -0.2) is 4.79 Å². The maximum absolute atomic E-state index is 10.7. The van der Waals surface area contributed by atoms with Crippen molar-refractivity contribution >= 4 is 6.03 Å². The van der Waals surface area contributed by atoms with Crippen LogP contribution >= 0.6 is 0 Å². The molecule has 1 atom stereocenters. The van der Waals surface area contributed by atoms with E-state index in [4.69, 9.17) is 15.2 Å². The molecule has 2 rings (SSSR count). The number of carbonyl (C=O) groups excluding carboxylic acids is 1. The summed E-state index contributed by atoms with van der Waals surface area (Å²) in [4.78, 5) is 10.7. The lowest BCUT2D eigenvalue weighted by Crippen LogP contribution is -2.35. The lowest BCUT2D eigenvalue weighted by atomic mass is 10.2. The molecule has 5 nitrogen and oxygen atoms in total. The summed E-state index contributed by atoms with van der Waals surface area (Å²) in [7, 11) is 0. The SMILES string of the molecule is CC(C#Cc1ccc(Oc2ccc(OC(C)C)cc2)cc1)NC(N)=O. The van der Waals surface area contributed by atoms with E-state index in [1.54, 1.807) is 6.92 Å². The average Bonchev–Trinajstić information content (AvgIpc) is 2.55. The van der Waals surface area contributed by atoms with Gasteiger partial charge in [0.2, 0.25) is 0 Å². The van der Waals surface area contributed by atoms with Crippen molar-refractivity contribution in [2.24, 2.45) is 5.73 Å². The normalized spacial score (nSPS) is 11.2. The molecule has 3 N–H and O–H groups in total. The van der Waals surface area contributed by atoms with Crippen molar-refractivity contribution in [1.82, 2.24) is 5.32 Å². The topological polar surface area (TPSA) is 73.6 Å². The highest BCUT2D eigenvalue weighted by Crippen LogP contribution is 2.24. The Morgan fingerprint density at radius 1 is 0.960 bits per heavy atom. The van der Waals surface area contributed by atoms with Gasteiger partial charge in [0.1, 0.15) is 17.2 Å². The van der Waals surface area contributed by atoms with Crippen LogP contribution in [0.3, 0.4) is 0 Å². The lowest BCUT2D eigenvalue weighted by molar-refractivity contribution is 0.242. The third-order valence-electron chi connectivity index (χ3n) is 3.08. The Morgan fingerprint density at radius 3 is 2.00 bits per heavy atom. The molecule has 0 saturated carbocycles. The fourth-order valence-corrected chi connectivity index (χ4v) is 2.04. The number of rotatable bonds is 5. The Balaban J connectivity index is 1.96. The molecule has 2 aromatic rings. The Morgan fingerprint density at radius 2 is 1.48 bits per heavy atom. The number of amides is 2. The van der Waals surface area contributed by atoms with Gasteiger partial charge in [-0.15, -0.1) is 0 Å². The smallest absolute Gasteiger partial charge is 0.313 e. The van der Waals surface area contributed by atoms with Gasteiger partial charge in [-0.2, -0.15) is 0 Å². The minimum atomic E-state index is -0.588. The van der Waals surface area contributed by atoms with E-state index in [2.05, 4.69) is 17.2 Å². The molecule has 5 heteroatoms. The molecule has 0 aromatic heterocycles. The number of hydrogen-bond donors (Lipinski definition) is 2. The fourth-order valence-electron chi connectivity index (χ4n) is 2.04. The summed E-state index contributed by atoms with van der Waals surface area (Å²) in [6.07, 6.45) is 0.140. The maximum atomic E-state index is 10.7. The molecule has 0 heterocycles. The van der Waals surface area contributed by atoms with E-state index in [0.717, 1.165) is 17.1 Å². The van der Waals surface area contributed by atoms with Gasteiger partial charge in [0, 0.05) is 5.56 Å². The molecule has 1 unspecified atom stereocenters. The van der Waals surface area contributed by atoms with Crippen LogP contribution < -0.4 is 20.5 Å². The fraction of sp³-hybridized carbons (Fsp3) is 0.250. The van der Waals surface area contributed by atoms with E-state index < -0.39 is 6.03 Å². The molecule has 0 radical (unpaired) electrons. The van der Waals surface area contributed by atoms with Crippen LogP contribution in [0.2, 0.25) is 0 Å². The van der Waals surface area contributed by atoms with E-state index in [1.807, 2.05) is 62.4 Å². The number of hydrogen-bond acceptors (Lipinski definition) is 3. The largest absolute Gasteiger partial charge is 0.491 e. The minimum absolute atomic E-state index is 0.140. The highest BCUT2D eigenvalue weighted by atomic mass is 16.5. The van der Waals surface area contributed by atoms with Gasteiger partial charge < -0.3 is 20.5 Å². The molecule has 25 heavy (non-hydrogen) atoms. The number of urea groups is 1. The standard InChI is InChI=1S/C20H22N2O3/c1-14(2)24-17-10-12-19(13-11-17)25-18-8-6-16(7-9-18)5-4-15(3)22-20(21)23/h6-15H,1-3H3,(H3,21,22,23). The van der Waals surface area contributed by atoms with E-state index >= 15 is 0 Å². The quantitative estimate of drug-likeness (QED) is 0.817. The first-order chi connectivity index (χ1) is 11.9. The highest BCUT2D eigenvalue weighted by Gasteiger charge is 2.01. The second-order valence-corrected chi connectivity index (χ2v) is 5.76. The summed E-state index contributed by atoms with van der Waals surface area (Å²) < 4.78 is 11.4. The van der Waals surface area contributed by atoms with Gasteiger partial charge in [-0.05, 0) is 69.3 Å². The Bertz CT molecular complexity index is 756. The van der Waals surface area contributed by atoms with Crippen LogP contribution in [0.4, 0.5) is 4.79 Å². The third kappa shape index (κ3) is 6.48. The van der Waals surface area contributed by atoms with Gasteiger partial charge in [0.05, 0.1) is 12.1 Å². The van der Waals surface area contributed by atoms with E-state index in [-0.39, 0.29) is 12.1 Å².